The van der Waals surface area contributed by atoms with Gasteiger partial charge in [-0.25, -0.2) is 14.7 Å². The molecule has 5 rings (SSSR count). The number of hydrogen-bond donors (Lipinski definition) is 3. The van der Waals surface area contributed by atoms with Crippen molar-refractivity contribution in [3.05, 3.63) is 11.9 Å². The van der Waals surface area contributed by atoms with Crippen LogP contribution < -0.4 is 15.2 Å². The highest BCUT2D eigenvalue weighted by Crippen LogP contribution is 2.70. The Morgan fingerprint density at radius 3 is 2.71 bits per heavy atom. The summed E-state index contributed by atoms with van der Waals surface area (Å²) in [6.45, 7) is 2.54. The topological polar surface area (TPSA) is 108 Å². The number of carbonyl (C=O) groups excluding carboxylic acids is 1. The van der Waals surface area contributed by atoms with Gasteiger partial charge in [-0.2, -0.15) is 8.42 Å². The lowest BCUT2D eigenvalue weighted by Crippen LogP contribution is -2.77. The molecule has 0 unspecified atom stereocenters. The molecule has 0 aromatic heterocycles. The van der Waals surface area contributed by atoms with Gasteiger partial charge in [-0.15, -0.1) is 0 Å². The third-order valence-corrected chi connectivity index (χ3v) is 5.76. The first-order chi connectivity index (χ1) is 9.83. The number of hydrogen-bond acceptors (Lipinski definition) is 4. The number of nitrogens with zero attached hydrogens (tertiary/aromatic N) is 2. The van der Waals surface area contributed by atoms with Crippen molar-refractivity contribution in [2.24, 2.45) is 10.6 Å². The lowest BCUT2D eigenvalue weighted by molar-refractivity contribution is -0.193. The molecule has 2 amide bonds. The van der Waals surface area contributed by atoms with Gasteiger partial charge in [0.25, 0.3) is 10.2 Å². The summed E-state index contributed by atoms with van der Waals surface area (Å²) < 4.78 is 24.3. The van der Waals surface area contributed by atoms with E-state index in [-0.39, 0.29) is 17.0 Å². The molecule has 116 valence electrons. The molecule has 4 N–H and O–H groups in total. The van der Waals surface area contributed by atoms with Gasteiger partial charge in [-0.3, -0.25) is 4.90 Å². The summed E-state index contributed by atoms with van der Waals surface area (Å²) in [6, 6.07) is 0.0930. The van der Waals surface area contributed by atoms with E-state index in [1.807, 2.05) is 16.0 Å². The van der Waals surface area contributed by atoms with Crippen molar-refractivity contribution in [2.45, 2.75) is 24.8 Å². The molecule has 2 heterocycles. The number of amides is 2. The molecule has 5 aliphatic rings. The van der Waals surface area contributed by atoms with E-state index in [2.05, 4.69) is 10.0 Å². The molecule has 4 fully saturated rings. The van der Waals surface area contributed by atoms with E-state index < -0.39 is 10.2 Å². The van der Waals surface area contributed by atoms with Crippen LogP contribution in [0.15, 0.2) is 11.9 Å². The summed E-state index contributed by atoms with van der Waals surface area (Å²) in [5, 5.41) is 8.14. The van der Waals surface area contributed by atoms with Gasteiger partial charge in [-0.1, -0.05) is 0 Å². The van der Waals surface area contributed by atoms with E-state index in [1.165, 1.54) is 0 Å². The molecule has 0 aromatic rings. The average Bonchev–Trinajstić information content (AvgIpc) is 2.63. The first-order valence-corrected chi connectivity index (χ1v) is 8.66. The van der Waals surface area contributed by atoms with E-state index >= 15 is 0 Å². The van der Waals surface area contributed by atoms with Gasteiger partial charge in [0.15, 0.2) is 0 Å². The van der Waals surface area contributed by atoms with Crippen LogP contribution in [-0.4, -0.2) is 56.0 Å². The maximum Gasteiger partial charge on any atom is 0.325 e. The van der Waals surface area contributed by atoms with Crippen molar-refractivity contribution in [3.63, 3.8) is 0 Å². The molecule has 8 nitrogen and oxygen atoms in total. The van der Waals surface area contributed by atoms with Gasteiger partial charge >= 0.3 is 6.03 Å². The van der Waals surface area contributed by atoms with Gasteiger partial charge in [0.1, 0.15) is 0 Å². The van der Waals surface area contributed by atoms with Gasteiger partial charge in [0, 0.05) is 31.4 Å². The number of nitrogens with one attached hydrogen (secondary N) is 2. The Morgan fingerprint density at radius 2 is 2.10 bits per heavy atom. The van der Waals surface area contributed by atoms with Gasteiger partial charge in [-0.05, 0) is 24.7 Å². The minimum absolute atomic E-state index is 0.00243. The van der Waals surface area contributed by atoms with E-state index in [4.69, 9.17) is 5.14 Å². The molecule has 0 spiro atoms. The lowest BCUT2D eigenvalue weighted by atomic mass is 9.39. The first-order valence-electron chi connectivity index (χ1n) is 7.12. The Kier molecular flexibility index (Phi) is 2.48. The quantitative estimate of drug-likeness (QED) is 0.611. The molecule has 3 saturated carbocycles. The zero-order valence-corrected chi connectivity index (χ0v) is 12.4. The predicted octanol–water partition coefficient (Wildman–Crippen LogP) is -1.12. The smallest absolute Gasteiger partial charge is 0.325 e. The standard InChI is InChI=1S/C12H19N5O3S/c13-21(19,20)15-8-11-5-12(6-11,7-11)17-4-9-3-14-1-2-16(9)10(17)18/h3,14-15H,1-2,4-8H2,(H2,13,19,20). The molecule has 2 bridgehead atoms. The summed E-state index contributed by atoms with van der Waals surface area (Å²) in [6.07, 6.45) is 4.51. The molecule has 9 heteroatoms. The summed E-state index contributed by atoms with van der Waals surface area (Å²) in [4.78, 5) is 16.3. The normalized spacial score (nSPS) is 37.4. The summed E-state index contributed by atoms with van der Waals surface area (Å²) >= 11 is 0. The van der Waals surface area contributed by atoms with Crippen molar-refractivity contribution in [1.29, 1.82) is 0 Å². The summed E-state index contributed by atoms with van der Waals surface area (Å²) in [7, 11) is -3.63. The zero-order valence-electron chi connectivity index (χ0n) is 11.6. The molecule has 0 aromatic carbocycles. The molecule has 21 heavy (non-hydrogen) atoms. The van der Waals surface area contributed by atoms with Crippen LogP contribution in [-0.2, 0) is 10.2 Å². The number of carbonyl (C=O) groups is 1. The van der Waals surface area contributed by atoms with E-state index in [9.17, 15) is 13.2 Å². The van der Waals surface area contributed by atoms with Crippen molar-refractivity contribution in [2.75, 3.05) is 26.2 Å². The second-order valence-corrected chi connectivity index (χ2v) is 8.11. The van der Waals surface area contributed by atoms with Crippen molar-refractivity contribution < 1.29 is 13.2 Å². The van der Waals surface area contributed by atoms with Crippen LogP contribution in [0.4, 0.5) is 4.79 Å². The van der Waals surface area contributed by atoms with Crippen molar-refractivity contribution in [3.8, 4) is 0 Å². The predicted molar refractivity (Wildman–Crippen MR) is 75.0 cm³/mol. The lowest BCUT2D eigenvalue weighted by Gasteiger charge is -2.73. The fourth-order valence-electron chi connectivity index (χ4n) is 4.35. The first kappa shape index (κ1) is 13.4. The Bertz CT molecular complexity index is 624. The average molecular weight is 313 g/mol. The highest BCUT2D eigenvalue weighted by Gasteiger charge is 2.72. The maximum absolute atomic E-state index is 12.5. The molecule has 1 saturated heterocycles. The molecular weight excluding hydrogens is 294 g/mol. The molecule has 3 aliphatic carbocycles. The number of rotatable bonds is 4. The monoisotopic (exact) mass is 313 g/mol. The summed E-state index contributed by atoms with van der Waals surface area (Å²) in [5.74, 6) is 0. The fraction of sp³-hybridized carbons (Fsp3) is 0.750. The molecule has 2 aliphatic heterocycles. The van der Waals surface area contributed by atoms with Crippen molar-refractivity contribution >= 4 is 16.2 Å². The van der Waals surface area contributed by atoms with Crippen LogP contribution >= 0.6 is 0 Å². The van der Waals surface area contributed by atoms with E-state index in [0.717, 1.165) is 38.0 Å². The maximum atomic E-state index is 12.5. The van der Waals surface area contributed by atoms with Gasteiger partial charge in [0.2, 0.25) is 0 Å². The van der Waals surface area contributed by atoms with Crippen LogP contribution in [0.25, 0.3) is 0 Å². The van der Waals surface area contributed by atoms with Crippen LogP contribution in [0, 0.1) is 5.41 Å². The van der Waals surface area contributed by atoms with Crippen LogP contribution in [0.2, 0.25) is 0 Å². The third kappa shape index (κ3) is 1.87. The minimum Gasteiger partial charge on any atom is -0.388 e. The van der Waals surface area contributed by atoms with Gasteiger partial charge < -0.3 is 10.2 Å². The Balaban J connectivity index is 1.42. The largest absolute Gasteiger partial charge is 0.388 e. The number of urea groups is 1. The Hall–Kier alpha value is -1.32. The number of nitrogens with two attached hydrogens (primary N) is 1. The second kappa shape index (κ2) is 3.90. The minimum atomic E-state index is -3.63. The fourth-order valence-corrected chi connectivity index (χ4v) is 4.86. The van der Waals surface area contributed by atoms with Crippen molar-refractivity contribution in [1.82, 2.24) is 19.8 Å². The third-order valence-electron chi connectivity index (χ3n) is 5.21. The highest BCUT2D eigenvalue weighted by molar-refractivity contribution is 7.87. The highest BCUT2D eigenvalue weighted by atomic mass is 32.2. The van der Waals surface area contributed by atoms with E-state index in [1.54, 1.807) is 0 Å². The van der Waals surface area contributed by atoms with Gasteiger partial charge in [0.05, 0.1) is 12.2 Å². The number of fused-ring (bicyclic) bond motifs is 1. The molecule has 0 atom stereocenters. The zero-order chi connectivity index (χ0) is 14.9. The Labute approximate surface area is 123 Å². The van der Waals surface area contributed by atoms with Crippen LogP contribution in [0.1, 0.15) is 19.3 Å². The Morgan fingerprint density at radius 1 is 1.38 bits per heavy atom. The SMILES string of the molecule is NS(=O)(=O)NCC12CC(N3CC4=CNCCN4C3=O)(C1)C2. The molecule has 0 radical (unpaired) electrons. The second-order valence-electron chi connectivity index (χ2n) is 6.73. The summed E-state index contributed by atoms with van der Waals surface area (Å²) in [5.41, 5.74) is 0.977. The van der Waals surface area contributed by atoms with Crippen LogP contribution in [0.5, 0.6) is 0 Å². The van der Waals surface area contributed by atoms with Crippen LogP contribution in [0.3, 0.4) is 0 Å². The molecular formula is C12H19N5O3S. The van der Waals surface area contributed by atoms with E-state index in [0.29, 0.717) is 13.1 Å².